The maximum atomic E-state index is 12.4. The molecule has 0 aliphatic carbocycles. The number of hydrogen-bond donors (Lipinski definition) is 1. The largest absolute Gasteiger partial charge is 0.340 e. The van der Waals surface area contributed by atoms with E-state index in [0.717, 1.165) is 0 Å². The second kappa shape index (κ2) is 7.93. The first-order valence-corrected chi connectivity index (χ1v) is 8.26. The molecular weight excluding hydrogens is 304 g/mol. The van der Waals surface area contributed by atoms with Gasteiger partial charge in [0.2, 0.25) is 11.8 Å². The van der Waals surface area contributed by atoms with Gasteiger partial charge in [0.15, 0.2) is 0 Å². The molecule has 0 saturated carbocycles. The molecule has 24 heavy (non-hydrogen) atoms. The van der Waals surface area contributed by atoms with Gasteiger partial charge in [0.25, 0.3) is 0 Å². The number of anilines is 1. The Bertz CT molecular complexity index is 643. The zero-order chi connectivity index (χ0) is 17.7. The molecule has 0 radical (unpaired) electrons. The lowest BCUT2D eigenvalue weighted by Gasteiger charge is -2.38. The van der Waals surface area contributed by atoms with Crippen LogP contribution in [0, 0.1) is 17.2 Å². The topological polar surface area (TPSA) is 76.4 Å². The molecule has 1 aliphatic rings. The van der Waals surface area contributed by atoms with Crippen LogP contribution in [0.15, 0.2) is 24.3 Å². The van der Waals surface area contributed by atoms with E-state index >= 15 is 0 Å². The molecule has 1 aromatic rings. The second-order valence-corrected chi connectivity index (χ2v) is 6.37. The highest BCUT2D eigenvalue weighted by Crippen LogP contribution is 2.13. The first kappa shape index (κ1) is 18.0. The Hall–Kier alpha value is -2.39. The van der Waals surface area contributed by atoms with Crippen LogP contribution in [0.5, 0.6) is 0 Å². The summed E-state index contributed by atoms with van der Waals surface area (Å²) < 4.78 is 0. The highest BCUT2D eigenvalue weighted by Gasteiger charge is 2.28. The third kappa shape index (κ3) is 4.33. The molecule has 128 valence electrons. The van der Waals surface area contributed by atoms with Gasteiger partial charge < -0.3 is 10.2 Å². The summed E-state index contributed by atoms with van der Waals surface area (Å²) in [6, 6.07) is 8.64. The first-order valence-electron chi connectivity index (χ1n) is 8.26. The fourth-order valence-corrected chi connectivity index (χ4v) is 2.77. The van der Waals surface area contributed by atoms with E-state index in [2.05, 4.69) is 16.3 Å². The number of carbonyl (C=O) groups is 2. The van der Waals surface area contributed by atoms with Crippen molar-refractivity contribution in [3.63, 3.8) is 0 Å². The fraction of sp³-hybridized carbons (Fsp3) is 0.500. The van der Waals surface area contributed by atoms with E-state index in [9.17, 15) is 9.59 Å². The Kier molecular flexibility index (Phi) is 5.93. The van der Waals surface area contributed by atoms with Gasteiger partial charge in [-0.15, -0.1) is 0 Å². The quantitative estimate of drug-likeness (QED) is 0.912. The number of nitriles is 1. The molecule has 1 N–H and O–H groups in total. The molecule has 6 heteroatoms. The van der Waals surface area contributed by atoms with Gasteiger partial charge in [-0.25, -0.2) is 0 Å². The molecule has 1 fully saturated rings. The predicted octanol–water partition coefficient (Wildman–Crippen LogP) is 1.69. The summed E-state index contributed by atoms with van der Waals surface area (Å²) in [6.45, 7) is 8.34. The minimum atomic E-state index is -0.285. The van der Waals surface area contributed by atoms with E-state index in [4.69, 9.17) is 5.26 Å². The summed E-state index contributed by atoms with van der Waals surface area (Å²) in [5, 5.41) is 11.8. The molecule has 1 heterocycles. The van der Waals surface area contributed by atoms with Crippen LogP contribution in [-0.2, 0) is 9.59 Å². The van der Waals surface area contributed by atoms with Crippen molar-refractivity contribution in [2.45, 2.75) is 26.8 Å². The van der Waals surface area contributed by atoms with Gasteiger partial charge in [-0.05, 0) is 25.1 Å². The van der Waals surface area contributed by atoms with Crippen molar-refractivity contribution in [2.75, 3.05) is 31.5 Å². The highest BCUT2D eigenvalue weighted by molar-refractivity contribution is 5.94. The number of rotatable bonds is 4. The molecule has 0 spiro atoms. The number of nitrogens with one attached hydrogen (secondary N) is 1. The van der Waals surface area contributed by atoms with Crippen LogP contribution in [0.2, 0.25) is 0 Å². The van der Waals surface area contributed by atoms with Crippen molar-refractivity contribution < 1.29 is 9.59 Å². The van der Waals surface area contributed by atoms with Crippen LogP contribution in [0.25, 0.3) is 0 Å². The molecule has 1 unspecified atom stereocenters. The second-order valence-electron chi connectivity index (χ2n) is 6.37. The SMILES string of the molecule is CC(C)C(=O)N1CCN(C(C)C(=O)Nc2cccc(C#N)c2)CC1. The van der Waals surface area contributed by atoms with Crippen molar-refractivity contribution in [1.29, 1.82) is 5.26 Å². The molecule has 1 aromatic carbocycles. The molecule has 6 nitrogen and oxygen atoms in total. The van der Waals surface area contributed by atoms with Crippen LogP contribution in [0.4, 0.5) is 5.69 Å². The van der Waals surface area contributed by atoms with E-state index in [1.54, 1.807) is 24.3 Å². The predicted molar refractivity (Wildman–Crippen MR) is 92.2 cm³/mol. The number of amides is 2. The van der Waals surface area contributed by atoms with E-state index in [0.29, 0.717) is 37.4 Å². The molecule has 0 aromatic heterocycles. The highest BCUT2D eigenvalue weighted by atomic mass is 16.2. The van der Waals surface area contributed by atoms with Crippen LogP contribution < -0.4 is 5.32 Å². The standard InChI is InChI=1S/C18H24N4O2/c1-13(2)18(24)22-9-7-21(8-10-22)14(3)17(23)20-16-6-4-5-15(11-16)12-19/h4-6,11,13-14H,7-10H2,1-3H3,(H,20,23). The van der Waals surface area contributed by atoms with Gasteiger partial charge in [-0.1, -0.05) is 19.9 Å². The number of piperazine rings is 1. The molecule has 0 bridgehead atoms. The summed E-state index contributed by atoms with van der Waals surface area (Å²) >= 11 is 0. The third-order valence-corrected chi connectivity index (χ3v) is 4.31. The van der Waals surface area contributed by atoms with Gasteiger partial charge >= 0.3 is 0 Å². The summed E-state index contributed by atoms with van der Waals surface area (Å²) in [5.41, 5.74) is 1.14. The summed E-state index contributed by atoms with van der Waals surface area (Å²) in [6.07, 6.45) is 0. The number of hydrogen-bond acceptors (Lipinski definition) is 4. The third-order valence-electron chi connectivity index (χ3n) is 4.31. The lowest BCUT2D eigenvalue weighted by atomic mass is 10.1. The Morgan fingerprint density at radius 1 is 1.17 bits per heavy atom. The van der Waals surface area contributed by atoms with E-state index in [1.165, 1.54) is 0 Å². The fourth-order valence-electron chi connectivity index (χ4n) is 2.77. The maximum absolute atomic E-state index is 12.4. The summed E-state index contributed by atoms with van der Waals surface area (Å²) in [7, 11) is 0. The normalized spacial score (nSPS) is 16.5. The van der Waals surface area contributed by atoms with Crippen molar-refractivity contribution in [1.82, 2.24) is 9.80 Å². The first-order chi connectivity index (χ1) is 11.4. The van der Waals surface area contributed by atoms with Crippen LogP contribution in [-0.4, -0.2) is 53.8 Å². The van der Waals surface area contributed by atoms with Crippen LogP contribution in [0.1, 0.15) is 26.3 Å². The van der Waals surface area contributed by atoms with Gasteiger partial charge in [0.1, 0.15) is 0 Å². The monoisotopic (exact) mass is 328 g/mol. The van der Waals surface area contributed by atoms with Crippen molar-refractivity contribution in [2.24, 2.45) is 5.92 Å². The molecule has 1 saturated heterocycles. The molecule has 2 amide bonds. The Labute approximate surface area is 143 Å². The smallest absolute Gasteiger partial charge is 0.241 e. The molecule has 1 aliphatic heterocycles. The Morgan fingerprint density at radius 2 is 1.83 bits per heavy atom. The van der Waals surface area contributed by atoms with Gasteiger partial charge in [0, 0.05) is 37.8 Å². The minimum Gasteiger partial charge on any atom is -0.340 e. The van der Waals surface area contributed by atoms with Crippen molar-refractivity contribution in [3.05, 3.63) is 29.8 Å². The van der Waals surface area contributed by atoms with Crippen molar-refractivity contribution >= 4 is 17.5 Å². The average molecular weight is 328 g/mol. The number of benzene rings is 1. The number of nitrogens with zero attached hydrogens (tertiary/aromatic N) is 3. The van der Waals surface area contributed by atoms with Crippen molar-refractivity contribution in [3.8, 4) is 6.07 Å². The summed E-state index contributed by atoms with van der Waals surface area (Å²) in [4.78, 5) is 28.4. The van der Waals surface area contributed by atoms with E-state index < -0.39 is 0 Å². The molecule has 2 rings (SSSR count). The lowest BCUT2D eigenvalue weighted by molar-refractivity contribution is -0.136. The van der Waals surface area contributed by atoms with Crippen LogP contribution in [0.3, 0.4) is 0 Å². The van der Waals surface area contributed by atoms with E-state index in [-0.39, 0.29) is 23.8 Å². The zero-order valence-electron chi connectivity index (χ0n) is 14.5. The Morgan fingerprint density at radius 3 is 2.42 bits per heavy atom. The van der Waals surface area contributed by atoms with Gasteiger partial charge in [-0.3, -0.25) is 14.5 Å². The number of carbonyl (C=O) groups excluding carboxylic acids is 2. The average Bonchev–Trinajstić information content (AvgIpc) is 2.60. The Balaban J connectivity index is 1.90. The zero-order valence-corrected chi connectivity index (χ0v) is 14.5. The molecular formula is C18H24N4O2. The van der Waals surface area contributed by atoms with Gasteiger partial charge in [0.05, 0.1) is 17.7 Å². The summed E-state index contributed by atoms with van der Waals surface area (Å²) in [5.74, 6) is 0.0680. The van der Waals surface area contributed by atoms with Crippen LogP contribution >= 0.6 is 0 Å². The molecule has 1 atom stereocenters. The van der Waals surface area contributed by atoms with E-state index in [1.807, 2.05) is 25.7 Å². The maximum Gasteiger partial charge on any atom is 0.241 e. The minimum absolute atomic E-state index is 0.00434. The lowest BCUT2D eigenvalue weighted by Crippen LogP contribution is -2.54. The van der Waals surface area contributed by atoms with Gasteiger partial charge in [-0.2, -0.15) is 5.26 Å².